The van der Waals surface area contributed by atoms with Crippen LogP contribution in [-0.2, 0) is 19.3 Å². The van der Waals surface area contributed by atoms with Crippen molar-refractivity contribution in [3.63, 3.8) is 0 Å². The Kier molecular flexibility index (Phi) is 6.69. The van der Waals surface area contributed by atoms with E-state index >= 15 is 0 Å². The van der Waals surface area contributed by atoms with Crippen LogP contribution in [0.25, 0.3) is 11.1 Å². The largest absolute Gasteiger partial charge is 0.316 e. The van der Waals surface area contributed by atoms with Crippen LogP contribution in [-0.4, -0.2) is 24.7 Å². The molecule has 0 aromatic heterocycles. The molecule has 0 aliphatic carbocycles. The first-order chi connectivity index (χ1) is 17.2. The summed E-state index contributed by atoms with van der Waals surface area (Å²) >= 11 is 0. The first kappa shape index (κ1) is 22.9. The summed E-state index contributed by atoms with van der Waals surface area (Å²) in [5, 5.41) is 3.49. The quantitative estimate of drug-likeness (QED) is 0.356. The van der Waals surface area contributed by atoms with Crippen LogP contribution in [0.5, 0.6) is 0 Å². The van der Waals surface area contributed by atoms with Crippen LogP contribution in [0.15, 0.2) is 91.0 Å². The molecule has 1 aliphatic heterocycles. The Morgan fingerprint density at radius 3 is 2.03 bits per heavy atom. The van der Waals surface area contributed by atoms with Crippen LogP contribution in [0, 0.1) is 0 Å². The number of hydrogen-bond donors (Lipinski definition) is 1. The lowest BCUT2D eigenvalue weighted by molar-refractivity contribution is 0.100. The van der Waals surface area contributed by atoms with E-state index in [1.807, 2.05) is 78.9 Å². The van der Waals surface area contributed by atoms with Gasteiger partial charge < -0.3 is 5.32 Å². The van der Waals surface area contributed by atoms with Gasteiger partial charge in [0.2, 0.25) is 0 Å². The summed E-state index contributed by atoms with van der Waals surface area (Å²) in [4.78, 5) is 28.1. The Morgan fingerprint density at radius 2 is 1.34 bits per heavy atom. The summed E-state index contributed by atoms with van der Waals surface area (Å²) in [6.07, 6.45) is 2.49. The van der Waals surface area contributed by atoms with Gasteiger partial charge in [0.05, 0.1) is 0 Å². The summed E-state index contributed by atoms with van der Waals surface area (Å²) in [5.41, 5.74) is 7.69. The minimum atomic E-state index is -0.111. The number of carbonyl (C=O) groups excluding carboxylic acids is 2. The molecule has 1 heterocycles. The minimum absolute atomic E-state index is 0.106. The predicted molar refractivity (Wildman–Crippen MR) is 141 cm³/mol. The summed E-state index contributed by atoms with van der Waals surface area (Å²) in [7, 11) is 0. The molecule has 0 spiro atoms. The number of ketones is 2. The molecule has 0 atom stereocenters. The number of nitrogens with one attached hydrogen (secondary N) is 1. The Balaban J connectivity index is 1.87. The Labute approximate surface area is 206 Å². The van der Waals surface area contributed by atoms with Gasteiger partial charge in [-0.1, -0.05) is 91.9 Å². The molecule has 1 N–H and O–H groups in total. The second kappa shape index (κ2) is 10.2. The summed E-state index contributed by atoms with van der Waals surface area (Å²) in [6.45, 7) is 3.84. The van der Waals surface area contributed by atoms with E-state index in [4.69, 9.17) is 0 Å². The van der Waals surface area contributed by atoms with E-state index in [9.17, 15) is 9.59 Å². The molecule has 174 valence electrons. The van der Waals surface area contributed by atoms with Crippen LogP contribution < -0.4 is 5.32 Å². The lowest BCUT2D eigenvalue weighted by atomic mass is 9.79. The fourth-order valence-electron chi connectivity index (χ4n) is 5.11. The number of rotatable bonds is 6. The zero-order chi connectivity index (χ0) is 24.2. The molecule has 35 heavy (non-hydrogen) atoms. The second-order valence-electron chi connectivity index (χ2n) is 8.96. The third-order valence-corrected chi connectivity index (χ3v) is 6.86. The third-order valence-electron chi connectivity index (χ3n) is 6.86. The normalized spacial score (nSPS) is 13.1. The zero-order valence-electron chi connectivity index (χ0n) is 20.0. The van der Waals surface area contributed by atoms with E-state index in [1.165, 1.54) is 11.1 Å². The molecule has 0 bridgehead atoms. The van der Waals surface area contributed by atoms with Gasteiger partial charge in [0.1, 0.15) is 0 Å². The van der Waals surface area contributed by atoms with E-state index < -0.39 is 0 Å². The first-order valence-electron chi connectivity index (χ1n) is 12.4. The SMILES string of the molecule is CCc1ccccc1-c1c2c(cc(C(=O)c3ccccc3)c1C(=O)c1ccccc1)CCNCC2. The number of benzene rings is 4. The lowest BCUT2D eigenvalue weighted by Crippen LogP contribution is -2.17. The van der Waals surface area contributed by atoms with Gasteiger partial charge in [-0.25, -0.2) is 0 Å². The zero-order valence-corrected chi connectivity index (χ0v) is 20.0. The third kappa shape index (κ3) is 4.48. The monoisotopic (exact) mass is 459 g/mol. The van der Waals surface area contributed by atoms with Gasteiger partial charge in [-0.15, -0.1) is 0 Å². The maximum atomic E-state index is 14.2. The number of hydrogen-bond acceptors (Lipinski definition) is 3. The first-order valence-corrected chi connectivity index (χ1v) is 12.4. The maximum Gasteiger partial charge on any atom is 0.194 e. The van der Waals surface area contributed by atoms with Crippen molar-refractivity contribution in [1.29, 1.82) is 0 Å². The molecule has 0 amide bonds. The van der Waals surface area contributed by atoms with Crippen LogP contribution in [0.3, 0.4) is 0 Å². The molecule has 0 saturated carbocycles. The highest BCUT2D eigenvalue weighted by Gasteiger charge is 2.29. The standard InChI is InChI=1S/C32H29NO2/c1-2-22-11-9-10-16-26(22)29-27-18-20-33-19-17-25(27)21-28(31(34)23-12-5-3-6-13-23)30(29)32(35)24-14-7-4-8-15-24/h3-16,21,33H,2,17-20H2,1H3. The van der Waals surface area contributed by atoms with Crippen molar-refractivity contribution in [1.82, 2.24) is 5.32 Å². The van der Waals surface area contributed by atoms with Gasteiger partial charge in [0.15, 0.2) is 11.6 Å². The molecule has 0 fully saturated rings. The van der Waals surface area contributed by atoms with Crippen LogP contribution in [0.1, 0.15) is 55.5 Å². The average molecular weight is 460 g/mol. The van der Waals surface area contributed by atoms with Gasteiger partial charge >= 0.3 is 0 Å². The van der Waals surface area contributed by atoms with Gasteiger partial charge in [-0.3, -0.25) is 9.59 Å². The Morgan fingerprint density at radius 1 is 0.743 bits per heavy atom. The molecule has 3 nitrogen and oxygen atoms in total. The van der Waals surface area contributed by atoms with Gasteiger partial charge in [-0.2, -0.15) is 0 Å². The molecule has 5 rings (SSSR count). The van der Waals surface area contributed by atoms with Crippen LogP contribution in [0.4, 0.5) is 0 Å². The molecular weight excluding hydrogens is 430 g/mol. The van der Waals surface area contributed by atoms with Crippen LogP contribution >= 0.6 is 0 Å². The lowest BCUT2D eigenvalue weighted by Gasteiger charge is -2.22. The maximum absolute atomic E-state index is 14.2. The van der Waals surface area contributed by atoms with E-state index in [2.05, 4.69) is 24.4 Å². The van der Waals surface area contributed by atoms with Gasteiger partial charge in [-0.05, 0) is 66.2 Å². The predicted octanol–water partition coefficient (Wildman–Crippen LogP) is 6.07. The molecule has 0 saturated heterocycles. The van der Waals surface area contributed by atoms with Gasteiger partial charge in [0, 0.05) is 22.3 Å². The van der Waals surface area contributed by atoms with Crippen LogP contribution in [0.2, 0.25) is 0 Å². The molecule has 4 aromatic rings. The molecule has 0 unspecified atom stereocenters. The minimum Gasteiger partial charge on any atom is -0.316 e. The van der Waals surface area contributed by atoms with E-state index in [-0.39, 0.29) is 11.6 Å². The second-order valence-corrected chi connectivity index (χ2v) is 8.96. The fraction of sp³-hybridized carbons (Fsp3) is 0.188. The summed E-state index contributed by atoms with van der Waals surface area (Å²) < 4.78 is 0. The van der Waals surface area contributed by atoms with Crippen molar-refractivity contribution in [3.8, 4) is 11.1 Å². The molecule has 4 aromatic carbocycles. The van der Waals surface area contributed by atoms with E-state index in [0.29, 0.717) is 22.3 Å². The highest BCUT2D eigenvalue weighted by atomic mass is 16.1. The number of aryl methyl sites for hydroxylation is 1. The van der Waals surface area contributed by atoms with Crippen molar-refractivity contribution in [2.24, 2.45) is 0 Å². The van der Waals surface area contributed by atoms with Crippen molar-refractivity contribution in [2.45, 2.75) is 26.2 Å². The van der Waals surface area contributed by atoms with E-state index in [0.717, 1.165) is 49.0 Å². The van der Waals surface area contributed by atoms with Crippen molar-refractivity contribution < 1.29 is 9.59 Å². The fourth-order valence-corrected chi connectivity index (χ4v) is 5.11. The molecule has 1 aliphatic rings. The van der Waals surface area contributed by atoms with Crippen molar-refractivity contribution in [2.75, 3.05) is 13.1 Å². The van der Waals surface area contributed by atoms with E-state index in [1.54, 1.807) is 0 Å². The smallest absolute Gasteiger partial charge is 0.194 e. The Hall–Kier alpha value is -3.82. The highest BCUT2D eigenvalue weighted by molar-refractivity contribution is 6.22. The van der Waals surface area contributed by atoms with Gasteiger partial charge in [0.25, 0.3) is 0 Å². The topological polar surface area (TPSA) is 46.2 Å². The molecular formula is C32H29NO2. The summed E-state index contributed by atoms with van der Waals surface area (Å²) in [6, 6.07) is 28.9. The number of fused-ring (bicyclic) bond motifs is 1. The Bertz CT molecular complexity index is 1370. The molecule has 3 heteroatoms. The van der Waals surface area contributed by atoms with Crippen molar-refractivity contribution in [3.05, 3.63) is 130 Å². The average Bonchev–Trinajstić information content (AvgIpc) is 3.17. The highest BCUT2D eigenvalue weighted by Crippen LogP contribution is 2.38. The summed E-state index contributed by atoms with van der Waals surface area (Å²) in [5.74, 6) is -0.217. The number of carbonyl (C=O) groups is 2. The van der Waals surface area contributed by atoms with Crippen molar-refractivity contribution >= 4 is 11.6 Å². The molecule has 0 radical (unpaired) electrons.